The first kappa shape index (κ1) is 11.0. The molecule has 1 aromatic heterocycles. The van der Waals surface area contributed by atoms with Crippen molar-refractivity contribution in [2.24, 2.45) is 7.05 Å². The Labute approximate surface area is 85.8 Å². The second-order valence-electron chi connectivity index (χ2n) is 3.58. The Morgan fingerprint density at radius 3 is 2.86 bits per heavy atom. The van der Waals surface area contributed by atoms with Gasteiger partial charge >= 0.3 is 0 Å². The molecule has 1 aromatic rings. The van der Waals surface area contributed by atoms with Crippen LogP contribution in [0.15, 0.2) is 24.7 Å². The molecule has 1 heterocycles. The average Bonchev–Trinajstić information content (AvgIpc) is 2.60. The number of nitrogens with one attached hydrogen (secondary N) is 1. The first-order valence-electron chi connectivity index (χ1n) is 4.99. The Morgan fingerprint density at radius 1 is 1.71 bits per heavy atom. The minimum absolute atomic E-state index is 0.329. The van der Waals surface area contributed by atoms with E-state index in [1.54, 1.807) is 0 Å². The van der Waals surface area contributed by atoms with Crippen LogP contribution >= 0.6 is 0 Å². The molecule has 78 valence electrons. The van der Waals surface area contributed by atoms with E-state index in [0.717, 1.165) is 12.8 Å². The van der Waals surface area contributed by atoms with Crippen molar-refractivity contribution in [3.05, 3.63) is 30.4 Å². The molecule has 14 heavy (non-hydrogen) atoms. The number of imidazole rings is 1. The fourth-order valence-corrected chi connectivity index (χ4v) is 1.49. The Hall–Kier alpha value is -1.09. The SMILES string of the molecule is C=C(CC)CC(NC)c1cncn1C. The van der Waals surface area contributed by atoms with E-state index in [9.17, 15) is 0 Å². The largest absolute Gasteiger partial charge is 0.336 e. The normalized spacial score (nSPS) is 12.8. The van der Waals surface area contributed by atoms with Crippen LogP contribution in [0.1, 0.15) is 31.5 Å². The highest BCUT2D eigenvalue weighted by atomic mass is 15.1. The second kappa shape index (κ2) is 4.96. The van der Waals surface area contributed by atoms with Gasteiger partial charge in [0.2, 0.25) is 0 Å². The summed E-state index contributed by atoms with van der Waals surface area (Å²) in [7, 11) is 3.99. The number of nitrogens with zero attached hydrogens (tertiary/aromatic N) is 2. The Bertz CT molecular complexity index is 301. The molecule has 0 saturated carbocycles. The van der Waals surface area contributed by atoms with E-state index in [1.807, 2.05) is 31.2 Å². The van der Waals surface area contributed by atoms with Gasteiger partial charge in [0.1, 0.15) is 0 Å². The van der Waals surface area contributed by atoms with Gasteiger partial charge in [-0.15, -0.1) is 0 Å². The Morgan fingerprint density at radius 2 is 2.43 bits per heavy atom. The van der Waals surface area contributed by atoms with Gasteiger partial charge < -0.3 is 9.88 Å². The maximum Gasteiger partial charge on any atom is 0.0946 e. The zero-order valence-corrected chi connectivity index (χ0v) is 9.25. The third kappa shape index (κ3) is 2.45. The topological polar surface area (TPSA) is 29.9 Å². The van der Waals surface area contributed by atoms with Gasteiger partial charge in [0, 0.05) is 13.2 Å². The van der Waals surface area contributed by atoms with Crippen LogP contribution in [0.4, 0.5) is 0 Å². The molecular weight excluding hydrogens is 174 g/mol. The van der Waals surface area contributed by atoms with Crippen molar-refractivity contribution >= 4 is 0 Å². The molecule has 0 saturated heterocycles. The summed E-state index contributed by atoms with van der Waals surface area (Å²) in [5.41, 5.74) is 2.48. The van der Waals surface area contributed by atoms with Crippen molar-refractivity contribution < 1.29 is 0 Å². The first-order chi connectivity index (χ1) is 6.69. The van der Waals surface area contributed by atoms with Crippen molar-refractivity contribution in [2.45, 2.75) is 25.8 Å². The zero-order chi connectivity index (χ0) is 10.6. The molecule has 0 radical (unpaired) electrons. The third-order valence-electron chi connectivity index (χ3n) is 2.55. The number of hydrogen-bond acceptors (Lipinski definition) is 2. The molecule has 1 rings (SSSR count). The molecule has 0 aliphatic rings. The average molecular weight is 193 g/mol. The smallest absolute Gasteiger partial charge is 0.0946 e. The lowest BCUT2D eigenvalue weighted by Crippen LogP contribution is -2.19. The van der Waals surface area contributed by atoms with Gasteiger partial charge in [-0.1, -0.05) is 19.1 Å². The van der Waals surface area contributed by atoms with Gasteiger partial charge in [-0.05, 0) is 19.9 Å². The van der Waals surface area contributed by atoms with E-state index in [0.29, 0.717) is 6.04 Å². The van der Waals surface area contributed by atoms with Gasteiger partial charge in [-0.2, -0.15) is 0 Å². The van der Waals surface area contributed by atoms with Crippen molar-refractivity contribution in [2.75, 3.05) is 7.05 Å². The van der Waals surface area contributed by atoms with Gasteiger partial charge in [0.15, 0.2) is 0 Å². The standard InChI is InChI=1S/C11H19N3/c1-5-9(2)6-10(12-3)11-7-13-8-14(11)4/h7-8,10,12H,2,5-6H2,1,3-4H3. The van der Waals surface area contributed by atoms with Crippen molar-refractivity contribution in [3.63, 3.8) is 0 Å². The van der Waals surface area contributed by atoms with E-state index < -0.39 is 0 Å². The molecule has 1 N–H and O–H groups in total. The summed E-state index contributed by atoms with van der Waals surface area (Å²) in [6.07, 6.45) is 5.75. The first-order valence-corrected chi connectivity index (χ1v) is 4.99. The predicted molar refractivity (Wildman–Crippen MR) is 59.1 cm³/mol. The fraction of sp³-hybridized carbons (Fsp3) is 0.545. The number of aromatic nitrogens is 2. The van der Waals surface area contributed by atoms with Crippen LogP contribution in [0.3, 0.4) is 0 Å². The van der Waals surface area contributed by atoms with Crippen LogP contribution in [0.25, 0.3) is 0 Å². The molecule has 0 aliphatic heterocycles. The highest BCUT2D eigenvalue weighted by Crippen LogP contribution is 2.20. The van der Waals surface area contributed by atoms with Gasteiger partial charge in [0.25, 0.3) is 0 Å². The van der Waals surface area contributed by atoms with E-state index in [-0.39, 0.29) is 0 Å². The van der Waals surface area contributed by atoms with Crippen LogP contribution in [-0.4, -0.2) is 16.6 Å². The molecule has 0 amide bonds. The lowest BCUT2D eigenvalue weighted by atomic mass is 10.0. The van der Waals surface area contributed by atoms with Crippen molar-refractivity contribution in [1.29, 1.82) is 0 Å². The van der Waals surface area contributed by atoms with Crippen LogP contribution < -0.4 is 5.32 Å². The summed E-state index contributed by atoms with van der Waals surface area (Å²) in [4.78, 5) is 4.12. The van der Waals surface area contributed by atoms with Crippen LogP contribution in [0.2, 0.25) is 0 Å². The Kier molecular flexibility index (Phi) is 3.89. The van der Waals surface area contributed by atoms with Crippen LogP contribution in [0, 0.1) is 0 Å². The molecule has 3 nitrogen and oxygen atoms in total. The summed E-state index contributed by atoms with van der Waals surface area (Å²) in [5.74, 6) is 0. The molecule has 3 heteroatoms. The molecular formula is C11H19N3. The quantitative estimate of drug-likeness (QED) is 0.725. The molecule has 0 aliphatic carbocycles. The van der Waals surface area contributed by atoms with E-state index in [2.05, 4.69) is 23.8 Å². The minimum atomic E-state index is 0.329. The molecule has 0 fully saturated rings. The maximum absolute atomic E-state index is 4.12. The highest BCUT2D eigenvalue weighted by molar-refractivity contribution is 5.09. The van der Waals surface area contributed by atoms with Crippen LogP contribution in [0.5, 0.6) is 0 Å². The van der Waals surface area contributed by atoms with E-state index >= 15 is 0 Å². The predicted octanol–water partition coefficient (Wildman–Crippen LogP) is 2.04. The second-order valence-corrected chi connectivity index (χ2v) is 3.58. The molecule has 1 unspecified atom stereocenters. The Balaban J connectivity index is 2.72. The number of hydrogen-bond donors (Lipinski definition) is 1. The summed E-state index contributed by atoms with van der Waals surface area (Å²) in [5, 5.41) is 3.29. The van der Waals surface area contributed by atoms with Crippen molar-refractivity contribution in [3.8, 4) is 0 Å². The van der Waals surface area contributed by atoms with Gasteiger partial charge in [-0.3, -0.25) is 0 Å². The number of rotatable bonds is 5. The maximum atomic E-state index is 4.12. The van der Waals surface area contributed by atoms with Crippen LogP contribution in [-0.2, 0) is 7.05 Å². The third-order valence-corrected chi connectivity index (χ3v) is 2.55. The fourth-order valence-electron chi connectivity index (χ4n) is 1.49. The minimum Gasteiger partial charge on any atom is -0.336 e. The van der Waals surface area contributed by atoms with Gasteiger partial charge in [-0.25, -0.2) is 4.98 Å². The highest BCUT2D eigenvalue weighted by Gasteiger charge is 2.12. The summed E-state index contributed by atoms with van der Waals surface area (Å²) >= 11 is 0. The lowest BCUT2D eigenvalue weighted by molar-refractivity contribution is 0.548. The zero-order valence-electron chi connectivity index (χ0n) is 9.25. The van der Waals surface area contributed by atoms with E-state index in [1.165, 1.54) is 11.3 Å². The van der Waals surface area contributed by atoms with Gasteiger partial charge in [0.05, 0.1) is 18.1 Å². The molecule has 0 bridgehead atoms. The van der Waals surface area contributed by atoms with E-state index in [4.69, 9.17) is 0 Å². The number of aryl methyl sites for hydroxylation is 1. The molecule has 0 aromatic carbocycles. The monoisotopic (exact) mass is 193 g/mol. The molecule has 0 spiro atoms. The summed E-state index contributed by atoms with van der Waals surface area (Å²) < 4.78 is 2.05. The summed E-state index contributed by atoms with van der Waals surface area (Å²) in [6.45, 7) is 6.17. The lowest BCUT2D eigenvalue weighted by Gasteiger charge is -2.17. The summed E-state index contributed by atoms with van der Waals surface area (Å²) in [6, 6.07) is 0.329. The molecule has 1 atom stereocenters. The van der Waals surface area contributed by atoms with Crippen molar-refractivity contribution in [1.82, 2.24) is 14.9 Å².